The molecule has 1 atom stereocenters. The third kappa shape index (κ3) is 2.86. The van der Waals surface area contributed by atoms with Gasteiger partial charge in [-0.2, -0.15) is 0 Å². The van der Waals surface area contributed by atoms with Gasteiger partial charge in [0.1, 0.15) is 5.82 Å². The van der Waals surface area contributed by atoms with Crippen molar-refractivity contribution in [2.24, 2.45) is 0 Å². The molecule has 1 aliphatic rings. The molecule has 0 aliphatic carbocycles. The largest absolute Gasteiger partial charge is 0.367 e. The molecule has 1 aromatic carbocycles. The topological polar surface area (TPSA) is 15.3 Å². The molecule has 3 rings (SSSR count). The minimum absolute atomic E-state index is 0.144. The Kier molecular flexibility index (Phi) is 4.03. The van der Waals surface area contributed by atoms with Crippen molar-refractivity contribution >= 4 is 17.0 Å². The number of hydrogen-bond donors (Lipinski definition) is 1. The Balaban J connectivity index is 1.59. The number of nitrogens with zero attached hydrogens (tertiary/aromatic N) is 1. The first-order valence-corrected chi connectivity index (χ1v) is 7.90. The average Bonchev–Trinajstić information content (AvgIpc) is 3.07. The summed E-state index contributed by atoms with van der Waals surface area (Å²) in [7, 11) is 0. The van der Waals surface area contributed by atoms with Crippen molar-refractivity contribution in [3.05, 3.63) is 52.0 Å². The Morgan fingerprint density at radius 1 is 1.40 bits per heavy atom. The van der Waals surface area contributed by atoms with E-state index in [1.165, 1.54) is 10.4 Å². The van der Waals surface area contributed by atoms with Crippen molar-refractivity contribution in [3.63, 3.8) is 0 Å². The molecule has 20 heavy (non-hydrogen) atoms. The summed E-state index contributed by atoms with van der Waals surface area (Å²) in [6.07, 6.45) is 1.02. The fourth-order valence-electron chi connectivity index (χ4n) is 2.76. The standard InChI is InChI=1S/C16H19FN2S/c1-12(10-18-11-15-3-2-8-20-15)19-7-6-13-4-5-14(17)9-16(13)19/h2-5,8-9,12,18H,6-7,10-11H2,1H3. The summed E-state index contributed by atoms with van der Waals surface area (Å²) < 4.78 is 13.4. The van der Waals surface area contributed by atoms with Crippen LogP contribution in [0.1, 0.15) is 17.4 Å². The van der Waals surface area contributed by atoms with Crippen molar-refractivity contribution in [1.82, 2.24) is 5.32 Å². The van der Waals surface area contributed by atoms with Crippen LogP contribution in [0.4, 0.5) is 10.1 Å². The molecule has 2 nitrogen and oxygen atoms in total. The van der Waals surface area contributed by atoms with Gasteiger partial charge in [-0.3, -0.25) is 0 Å². The Morgan fingerprint density at radius 3 is 3.10 bits per heavy atom. The normalized spacial score (nSPS) is 15.4. The molecule has 0 bridgehead atoms. The van der Waals surface area contributed by atoms with E-state index >= 15 is 0 Å². The van der Waals surface area contributed by atoms with Crippen LogP contribution in [-0.4, -0.2) is 19.1 Å². The molecule has 0 amide bonds. The summed E-state index contributed by atoms with van der Waals surface area (Å²) in [5.41, 5.74) is 2.33. The predicted molar refractivity (Wildman–Crippen MR) is 82.9 cm³/mol. The molecule has 4 heteroatoms. The van der Waals surface area contributed by atoms with Crippen LogP contribution in [0.2, 0.25) is 0 Å². The third-order valence-corrected chi connectivity index (χ3v) is 4.71. The monoisotopic (exact) mass is 290 g/mol. The third-order valence-electron chi connectivity index (χ3n) is 3.83. The smallest absolute Gasteiger partial charge is 0.125 e. The molecule has 1 unspecified atom stereocenters. The quantitative estimate of drug-likeness (QED) is 0.907. The van der Waals surface area contributed by atoms with E-state index in [9.17, 15) is 4.39 Å². The van der Waals surface area contributed by atoms with Crippen LogP contribution in [0.5, 0.6) is 0 Å². The lowest BCUT2D eigenvalue weighted by Gasteiger charge is -2.27. The maximum absolute atomic E-state index is 13.4. The van der Waals surface area contributed by atoms with Crippen LogP contribution in [-0.2, 0) is 13.0 Å². The lowest BCUT2D eigenvalue weighted by Crippen LogP contribution is -2.39. The number of nitrogens with one attached hydrogen (secondary N) is 1. The number of hydrogen-bond acceptors (Lipinski definition) is 3. The zero-order valence-electron chi connectivity index (χ0n) is 11.6. The zero-order chi connectivity index (χ0) is 13.9. The Morgan fingerprint density at radius 2 is 2.30 bits per heavy atom. The second-order valence-electron chi connectivity index (χ2n) is 5.28. The van der Waals surface area contributed by atoms with Gasteiger partial charge in [-0.1, -0.05) is 12.1 Å². The SMILES string of the molecule is CC(CNCc1cccs1)N1CCc2ccc(F)cc21. The Labute approximate surface area is 123 Å². The molecule has 0 radical (unpaired) electrons. The fourth-order valence-corrected chi connectivity index (χ4v) is 3.44. The minimum atomic E-state index is -0.144. The molecule has 0 spiro atoms. The second-order valence-corrected chi connectivity index (χ2v) is 6.31. The van der Waals surface area contributed by atoms with Crippen molar-refractivity contribution in [2.75, 3.05) is 18.0 Å². The van der Waals surface area contributed by atoms with Crippen molar-refractivity contribution in [1.29, 1.82) is 0 Å². The summed E-state index contributed by atoms with van der Waals surface area (Å²) in [5, 5.41) is 5.58. The number of anilines is 1. The molecule has 1 aromatic heterocycles. The molecule has 1 aliphatic heterocycles. The Bertz CT molecular complexity index is 568. The van der Waals surface area contributed by atoms with Gasteiger partial charge in [-0.05, 0) is 42.5 Å². The highest BCUT2D eigenvalue weighted by atomic mass is 32.1. The zero-order valence-corrected chi connectivity index (χ0v) is 12.4. The van der Waals surface area contributed by atoms with Crippen molar-refractivity contribution < 1.29 is 4.39 Å². The molecular formula is C16H19FN2S. The fraction of sp³-hybridized carbons (Fsp3) is 0.375. The first-order valence-electron chi connectivity index (χ1n) is 7.02. The average molecular weight is 290 g/mol. The van der Waals surface area contributed by atoms with Gasteiger partial charge in [0.2, 0.25) is 0 Å². The number of benzene rings is 1. The van der Waals surface area contributed by atoms with Crippen LogP contribution >= 0.6 is 11.3 Å². The van der Waals surface area contributed by atoms with Crippen LogP contribution in [0.25, 0.3) is 0 Å². The molecule has 2 aromatic rings. The van der Waals surface area contributed by atoms with Crippen LogP contribution in [0.3, 0.4) is 0 Å². The molecule has 0 fully saturated rings. The van der Waals surface area contributed by atoms with Crippen LogP contribution in [0, 0.1) is 5.82 Å². The highest BCUT2D eigenvalue weighted by Gasteiger charge is 2.23. The van der Waals surface area contributed by atoms with E-state index in [2.05, 4.69) is 34.7 Å². The van der Waals surface area contributed by atoms with Gasteiger partial charge in [0.25, 0.3) is 0 Å². The highest BCUT2D eigenvalue weighted by Crippen LogP contribution is 2.30. The molecular weight excluding hydrogens is 271 g/mol. The van der Waals surface area contributed by atoms with Gasteiger partial charge < -0.3 is 10.2 Å². The summed E-state index contributed by atoms with van der Waals surface area (Å²) in [6, 6.07) is 9.72. The van der Waals surface area contributed by atoms with Gasteiger partial charge >= 0.3 is 0 Å². The molecule has 1 N–H and O–H groups in total. The molecule has 2 heterocycles. The maximum atomic E-state index is 13.4. The van der Waals surface area contributed by atoms with Crippen LogP contribution < -0.4 is 10.2 Å². The van der Waals surface area contributed by atoms with Crippen molar-refractivity contribution in [3.8, 4) is 0 Å². The van der Waals surface area contributed by atoms with E-state index in [4.69, 9.17) is 0 Å². The van der Waals surface area contributed by atoms with Gasteiger partial charge in [0.15, 0.2) is 0 Å². The van der Waals surface area contributed by atoms with Gasteiger partial charge in [0.05, 0.1) is 0 Å². The molecule has 0 saturated carbocycles. The van der Waals surface area contributed by atoms with Crippen LogP contribution in [0.15, 0.2) is 35.7 Å². The lowest BCUT2D eigenvalue weighted by atomic mass is 10.1. The minimum Gasteiger partial charge on any atom is -0.367 e. The first kappa shape index (κ1) is 13.6. The van der Waals surface area contributed by atoms with E-state index in [-0.39, 0.29) is 5.82 Å². The van der Waals surface area contributed by atoms with E-state index in [1.807, 2.05) is 6.07 Å². The van der Waals surface area contributed by atoms with Crippen molar-refractivity contribution in [2.45, 2.75) is 25.9 Å². The summed E-state index contributed by atoms with van der Waals surface area (Å²) >= 11 is 1.77. The van der Waals surface area contributed by atoms with E-state index in [0.717, 1.165) is 31.7 Å². The summed E-state index contributed by atoms with van der Waals surface area (Å²) in [4.78, 5) is 3.66. The number of fused-ring (bicyclic) bond motifs is 1. The Hall–Kier alpha value is -1.39. The number of halogens is 1. The van der Waals surface area contributed by atoms with E-state index < -0.39 is 0 Å². The van der Waals surface area contributed by atoms with E-state index in [1.54, 1.807) is 23.5 Å². The van der Waals surface area contributed by atoms with Gasteiger partial charge in [0, 0.05) is 36.2 Å². The number of thiophene rings is 1. The second kappa shape index (κ2) is 5.94. The van der Waals surface area contributed by atoms with Gasteiger partial charge in [-0.15, -0.1) is 11.3 Å². The van der Waals surface area contributed by atoms with E-state index in [0.29, 0.717) is 6.04 Å². The molecule has 0 saturated heterocycles. The van der Waals surface area contributed by atoms with Gasteiger partial charge in [-0.25, -0.2) is 4.39 Å². The summed E-state index contributed by atoms with van der Waals surface area (Å²) in [5.74, 6) is -0.144. The summed E-state index contributed by atoms with van der Waals surface area (Å²) in [6.45, 7) is 5.00. The molecule has 106 valence electrons. The maximum Gasteiger partial charge on any atom is 0.125 e. The number of rotatable bonds is 5. The predicted octanol–water partition coefficient (Wildman–Crippen LogP) is 3.43. The highest BCUT2D eigenvalue weighted by molar-refractivity contribution is 7.09. The first-order chi connectivity index (χ1) is 9.74. The lowest BCUT2D eigenvalue weighted by molar-refractivity contribution is 0.571.